The van der Waals surface area contributed by atoms with Crippen molar-refractivity contribution in [3.05, 3.63) is 23.8 Å². The van der Waals surface area contributed by atoms with Crippen molar-refractivity contribution in [3.8, 4) is 11.8 Å². The van der Waals surface area contributed by atoms with E-state index in [0.717, 1.165) is 19.3 Å². The molecule has 0 aliphatic rings. The third-order valence-corrected chi connectivity index (χ3v) is 3.09. The Kier molecular flexibility index (Phi) is 11.8. The third kappa shape index (κ3) is 9.11. The molecule has 0 aromatic carbocycles. The minimum Gasteiger partial charge on any atom is -0.0985 e. The summed E-state index contributed by atoms with van der Waals surface area (Å²) >= 11 is 0. The lowest BCUT2D eigenvalue weighted by Gasteiger charge is -2.08. The van der Waals surface area contributed by atoms with E-state index in [0.29, 0.717) is 0 Å². The largest absolute Gasteiger partial charge is 0.0985 e. The fourth-order valence-corrected chi connectivity index (χ4v) is 1.74. The first kappa shape index (κ1) is 17.0. The Hall–Kier alpha value is -0.960. The molecule has 0 saturated carbocycles. The van der Waals surface area contributed by atoms with Gasteiger partial charge in [0, 0.05) is 6.42 Å². The van der Waals surface area contributed by atoms with E-state index in [2.05, 4.69) is 45.3 Å². The molecule has 0 amide bonds. The Morgan fingerprint density at radius 2 is 1.56 bits per heavy atom. The monoisotopic (exact) mass is 246 g/mol. The fraction of sp³-hybridized carbons (Fsp3) is 0.667. The van der Waals surface area contributed by atoms with Crippen molar-refractivity contribution in [2.45, 2.75) is 78.6 Å². The molecule has 0 fully saturated rings. The van der Waals surface area contributed by atoms with E-state index in [1.54, 1.807) is 0 Å². The first-order valence-corrected chi connectivity index (χ1v) is 7.61. The van der Waals surface area contributed by atoms with E-state index < -0.39 is 0 Å². The van der Waals surface area contributed by atoms with Crippen LogP contribution in [0.5, 0.6) is 0 Å². The van der Waals surface area contributed by atoms with E-state index in [4.69, 9.17) is 0 Å². The van der Waals surface area contributed by atoms with Crippen LogP contribution in [0.15, 0.2) is 23.8 Å². The van der Waals surface area contributed by atoms with Crippen molar-refractivity contribution in [1.29, 1.82) is 0 Å². The Morgan fingerprint density at radius 3 is 2.17 bits per heavy atom. The molecule has 0 radical (unpaired) electrons. The molecule has 18 heavy (non-hydrogen) atoms. The molecule has 0 saturated heterocycles. The zero-order valence-corrected chi connectivity index (χ0v) is 12.6. The van der Waals surface area contributed by atoms with Crippen molar-refractivity contribution in [2.24, 2.45) is 0 Å². The van der Waals surface area contributed by atoms with Crippen molar-refractivity contribution in [2.75, 3.05) is 0 Å². The second kappa shape index (κ2) is 12.5. The molecule has 0 aliphatic carbocycles. The molecule has 0 aliphatic heterocycles. The topological polar surface area (TPSA) is 0 Å². The Morgan fingerprint density at radius 1 is 0.944 bits per heavy atom. The van der Waals surface area contributed by atoms with Crippen LogP contribution >= 0.6 is 0 Å². The van der Waals surface area contributed by atoms with Gasteiger partial charge in [-0.2, -0.15) is 0 Å². The summed E-state index contributed by atoms with van der Waals surface area (Å²) in [6.07, 6.45) is 12.8. The zero-order chi connectivity index (χ0) is 13.6. The van der Waals surface area contributed by atoms with Gasteiger partial charge in [0.2, 0.25) is 0 Å². The van der Waals surface area contributed by atoms with Crippen LogP contribution in [-0.2, 0) is 0 Å². The summed E-state index contributed by atoms with van der Waals surface area (Å²) in [6.45, 7) is 10.9. The SMILES string of the molecule is C=C(CCCC)/C(=C/C#CCCCC)CCCC. The fourth-order valence-electron chi connectivity index (χ4n) is 1.74. The van der Waals surface area contributed by atoms with Gasteiger partial charge in [0.15, 0.2) is 0 Å². The predicted molar refractivity (Wildman–Crippen MR) is 83.6 cm³/mol. The van der Waals surface area contributed by atoms with Gasteiger partial charge in [-0.05, 0) is 43.8 Å². The summed E-state index contributed by atoms with van der Waals surface area (Å²) in [4.78, 5) is 0. The second-order valence-corrected chi connectivity index (χ2v) is 4.90. The van der Waals surface area contributed by atoms with Gasteiger partial charge in [0.05, 0.1) is 0 Å². The molecule has 102 valence electrons. The Balaban J connectivity index is 4.38. The van der Waals surface area contributed by atoms with E-state index in [1.807, 2.05) is 0 Å². The van der Waals surface area contributed by atoms with Crippen molar-refractivity contribution in [1.82, 2.24) is 0 Å². The van der Waals surface area contributed by atoms with Crippen molar-refractivity contribution in [3.63, 3.8) is 0 Å². The number of unbranched alkanes of at least 4 members (excludes halogenated alkanes) is 4. The predicted octanol–water partition coefficient (Wildman–Crippen LogP) is 6.04. The van der Waals surface area contributed by atoms with Gasteiger partial charge in [0.25, 0.3) is 0 Å². The molecular weight excluding hydrogens is 216 g/mol. The average Bonchev–Trinajstić information content (AvgIpc) is 2.39. The number of hydrogen-bond acceptors (Lipinski definition) is 0. The normalized spacial score (nSPS) is 10.9. The molecule has 0 unspecified atom stereocenters. The maximum atomic E-state index is 4.22. The van der Waals surface area contributed by atoms with Crippen molar-refractivity contribution < 1.29 is 0 Å². The smallest absolute Gasteiger partial charge is 0.00921 e. The summed E-state index contributed by atoms with van der Waals surface area (Å²) in [5.41, 5.74) is 2.68. The summed E-state index contributed by atoms with van der Waals surface area (Å²) in [6, 6.07) is 0. The molecule has 0 atom stereocenters. The Labute approximate surface area is 115 Å². The van der Waals surface area contributed by atoms with Gasteiger partial charge in [-0.3, -0.25) is 0 Å². The number of allylic oxidation sites excluding steroid dienone is 3. The lowest BCUT2D eigenvalue weighted by Crippen LogP contribution is -1.90. The molecule has 0 N–H and O–H groups in total. The Bertz CT molecular complexity index is 296. The standard InChI is InChI=1S/C18H30/c1-5-8-11-12-13-16-18(15-10-7-3)17(4)14-9-6-2/h16H,4-11,14-15H2,1-3H3/b18-16+. The van der Waals surface area contributed by atoms with Crippen LogP contribution in [0.25, 0.3) is 0 Å². The highest BCUT2D eigenvalue weighted by atomic mass is 14.1. The van der Waals surface area contributed by atoms with Gasteiger partial charge in [0.1, 0.15) is 0 Å². The highest BCUT2D eigenvalue weighted by Gasteiger charge is 2.01. The summed E-state index contributed by atoms with van der Waals surface area (Å²) < 4.78 is 0. The first-order chi connectivity index (χ1) is 8.76. The average molecular weight is 246 g/mol. The zero-order valence-electron chi connectivity index (χ0n) is 12.6. The molecule has 0 heterocycles. The van der Waals surface area contributed by atoms with E-state index in [-0.39, 0.29) is 0 Å². The molecule has 0 spiro atoms. The highest BCUT2D eigenvalue weighted by molar-refractivity contribution is 5.34. The van der Waals surface area contributed by atoms with E-state index in [9.17, 15) is 0 Å². The van der Waals surface area contributed by atoms with Gasteiger partial charge >= 0.3 is 0 Å². The summed E-state index contributed by atoms with van der Waals surface area (Å²) in [5, 5.41) is 0. The third-order valence-electron chi connectivity index (χ3n) is 3.09. The molecule has 0 heteroatoms. The van der Waals surface area contributed by atoms with Crippen LogP contribution in [0, 0.1) is 11.8 Å². The second-order valence-electron chi connectivity index (χ2n) is 4.90. The molecule has 0 bridgehead atoms. The van der Waals surface area contributed by atoms with E-state index in [1.165, 1.54) is 49.7 Å². The van der Waals surface area contributed by atoms with Gasteiger partial charge in [-0.1, -0.05) is 64.0 Å². The summed E-state index contributed by atoms with van der Waals surface area (Å²) in [7, 11) is 0. The lowest BCUT2D eigenvalue weighted by atomic mass is 9.97. The van der Waals surface area contributed by atoms with Crippen LogP contribution in [0.1, 0.15) is 78.6 Å². The van der Waals surface area contributed by atoms with Gasteiger partial charge in [-0.15, -0.1) is 0 Å². The molecule has 0 aromatic heterocycles. The minimum atomic E-state index is 1.02. The molecule has 0 nitrogen and oxygen atoms in total. The van der Waals surface area contributed by atoms with Gasteiger partial charge < -0.3 is 0 Å². The van der Waals surface area contributed by atoms with Crippen LogP contribution in [0.3, 0.4) is 0 Å². The number of rotatable bonds is 9. The van der Waals surface area contributed by atoms with E-state index >= 15 is 0 Å². The van der Waals surface area contributed by atoms with Crippen LogP contribution < -0.4 is 0 Å². The van der Waals surface area contributed by atoms with Crippen LogP contribution in [-0.4, -0.2) is 0 Å². The summed E-state index contributed by atoms with van der Waals surface area (Å²) in [5.74, 6) is 6.45. The lowest BCUT2D eigenvalue weighted by molar-refractivity contribution is 0.754. The number of hydrogen-bond donors (Lipinski definition) is 0. The van der Waals surface area contributed by atoms with Crippen LogP contribution in [0.2, 0.25) is 0 Å². The molecular formula is C18H30. The quantitative estimate of drug-likeness (QED) is 0.264. The maximum absolute atomic E-state index is 4.22. The minimum absolute atomic E-state index is 1.02. The van der Waals surface area contributed by atoms with Gasteiger partial charge in [-0.25, -0.2) is 0 Å². The molecule has 0 rings (SSSR count). The van der Waals surface area contributed by atoms with Crippen molar-refractivity contribution >= 4 is 0 Å². The highest BCUT2D eigenvalue weighted by Crippen LogP contribution is 2.20. The van der Waals surface area contributed by atoms with Crippen LogP contribution in [0.4, 0.5) is 0 Å². The maximum Gasteiger partial charge on any atom is 0.00921 e. The molecule has 0 aromatic rings. The first-order valence-electron chi connectivity index (χ1n) is 7.61.